The molecule has 1 aromatic carbocycles. The third-order valence-corrected chi connectivity index (χ3v) is 5.49. The maximum absolute atomic E-state index is 13.5. The van der Waals surface area contributed by atoms with Crippen molar-refractivity contribution in [1.29, 1.82) is 0 Å². The third-order valence-electron chi connectivity index (χ3n) is 5.49. The van der Waals surface area contributed by atoms with Gasteiger partial charge in [-0.05, 0) is 25.3 Å². The van der Waals surface area contributed by atoms with Crippen LogP contribution >= 0.6 is 0 Å². The number of rotatable bonds is 3. The van der Waals surface area contributed by atoms with E-state index in [4.69, 9.17) is 0 Å². The van der Waals surface area contributed by atoms with Crippen LogP contribution in [0.2, 0.25) is 0 Å². The molecule has 0 aromatic heterocycles. The molecule has 3 heteroatoms. The molecule has 1 amide bonds. The van der Waals surface area contributed by atoms with Gasteiger partial charge >= 0.3 is 0 Å². The molecule has 1 aliphatic carbocycles. The Morgan fingerprint density at radius 1 is 1.32 bits per heavy atom. The highest BCUT2D eigenvalue weighted by Crippen LogP contribution is 2.63. The minimum absolute atomic E-state index is 0.0274. The first-order chi connectivity index (χ1) is 9.04. The molecular weight excluding hydrogens is 241 g/mol. The minimum atomic E-state index is -0.467. The van der Waals surface area contributed by atoms with E-state index in [2.05, 4.69) is 0 Å². The summed E-state index contributed by atoms with van der Waals surface area (Å²) in [5.41, 5.74) is 0.229. The van der Waals surface area contributed by atoms with Crippen molar-refractivity contribution >= 4 is 5.91 Å². The lowest BCUT2D eigenvalue weighted by atomic mass is 9.52. The van der Waals surface area contributed by atoms with E-state index in [0.717, 1.165) is 18.4 Å². The van der Waals surface area contributed by atoms with Crippen LogP contribution in [0.25, 0.3) is 0 Å². The number of benzene rings is 1. The lowest BCUT2D eigenvalue weighted by Crippen LogP contribution is -2.51. The summed E-state index contributed by atoms with van der Waals surface area (Å²) >= 11 is 0. The van der Waals surface area contributed by atoms with Crippen LogP contribution in [0.4, 0.5) is 4.39 Å². The quantitative estimate of drug-likeness (QED) is 0.817. The summed E-state index contributed by atoms with van der Waals surface area (Å²) in [6.07, 6.45) is 1.66. The Kier molecular flexibility index (Phi) is 2.70. The van der Waals surface area contributed by atoms with E-state index in [9.17, 15) is 9.18 Å². The summed E-state index contributed by atoms with van der Waals surface area (Å²) in [5, 5.41) is 0. The number of nitrogens with zero attached hydrogens (tertiary/aromatic N) is 1. The molecule has 0 N–H and O–H groups in total. The van der Waals surface area contributed by atoms with Gasteiger partial charge in [0.1, 0.15) is 0 Å². The van der Waals surface area contributed by atoms with Crippen LogP contribution in [-0.4, -0.2) is 24.0 Å². The Labute approximate surface area is 113 Å². The number of halogens is 1. The predicted molar refractivity (Wildman–Crippen MR) is 72.3 cm³/mol. The molecule has 3 rings (SSSR count). The van der Waals surface area contributed by atoms with Crippen molar-refractivity contribution in [2.45, 2.75) is 32.7 Å². The minimum Gasteiger partial charge on any atom is -0.335 e. The highest BCUT2D eigenvalue weighted by Gasteiger charge is 2.67. The van der Waals surface area contributed by atoms with Crippen molar-refractivity contribution in [3.05, 3.63) is 35.9 Å². The summed E-state index contributed by atoms with van der Waals surface area (Å²) in [5.74, 6) is 0.132. The van der Waals surface area contributed by atoms with Crippen LogP contribution in [0, 0.1) is 10.8 Å². The van der Waals surface area contributed by atoms with Crippen LogP contribution in [0.15, 0.2) is 30.3 Å². The van der Waals surface area contributed by atoms with Crippen LogP contribution in [-0.2, 0) is 4.79 Å². The largest absolute Gasteiger partial charge is 0.335 e. The molecule has 0 spiro atoms. The Balaban J connectivity index is 1.90. The second-order valence-electron chi connectivity index (χ2n) is 6.27. The third kappa shape index (κ3) is 1.50. The van der Waals surface area contributed by atoms with Crippen molar-refractivity contribution in [2.24, 2.45) is 10.8 Å². The van der Waals surface area contributed by atoms with E-state index in [-0.39, 0.29) is 18.6 Å². The van der Waals surface area contributed by atoms with Crippen molar-refractivity contribution in [1.82, 2.24) is 4.90 Å². The molecule has 2 aliphatic rings. The summed E-state index contributed by atoms with van der Waals surface area (Å²) in [4.78, 5) is 14.5. The molecular formula is C16H20FNO. The zero-order valence-electron chi connectivity index (χ0n) is 11.5. The van der Waals surface area contributed by atoms with Gasteiger partial charge in [0, 0.05) is 12.0 Å². The van der Waals surface area contributed by atoms with Crippen molar-refractivity contribution < 1.29 is 9.18 Å². The van der Waals surface area contributed by atoms with Gasteiger partial charge in [-0.1, -0.05) is 37.3 Å². The molecule has 0 unspecified atom stereocenters. The van der Waals surface area contributed by atoms with Crippen LogP contribution < -0.4 is 0 Å². The smallest absolute Gasteiger partial charge is 0.229 e. The van der Waals surface area contributed by atoms with Gasteiger partial charge in [0.2, 0.25) is 5.91 Å². The molecule has 1 saturated carbocycles. The fourth-order valence-corrected chi connectivity index (χ4v) is 3.64. The predicted octanol–water partition coefficient (Wildman–Crippen LogP) is 3.35. The molecule has 1 heterocycles. The van der Waals surface area contributed by atoms with E-state index in [1.807, 2.05) is 49.1 Å². The number of hydrogen-bond donors (Lipinski definition) is 0. The van der Waals surface area contributed by atoms with Gasteiger partial charge in [-0.15, -0.1) is 0 Å². The first-order valence-electron chi connectivity index (χ1n) is 6.96. The van der Waals surface area contributed by atoms with E-state index < -0.39 is 10.8 Å². The Morgan fingerprint density at radius 2 is 2.00 bits per heavy atom. The van der Waals surface area contributed by atoms with Gasteiger partial charge in [0.25, 0.3) is 0 Å². The van der Waals surface area contributed by atoms with Crippen LogP contribution in [0.5, 0.6) is 0 Å². The first-order valence-corrected chi connectivity index (χ1v) is 6.96. The topological polar surface area (TPSA) is 20.3 Å². The average molecular weight is 261 g/mol. The number of likely N-dealkylation sites (tertiary alicyclic amines) is 1. The number of hydrogen-bond acceptors (Lipinski definition) is 1. The monoisotopic (exact) mass is 261 g/mol. The summed E-state index contributed by atoms with van der Waals surface area (Å²) in [7, 11) is 0. The van der Waals surface area contributed by atoms with Gasteiger partial charge in [0.05, 0.1) is 18.1 Å². The van der Waals surface area contributed by atoms with Gasteiger partial charge in [-0.2, -0.15) is 0 Å². The number of carbonyl (C=O) groups excluding carboxylic acids is 1. The fraction of sp³-hybridized carbons (Fsp3) is 0.562. The molecule has 0 radical (unpaired) electrons. The average Bonchev–Trinajstić information content (AvgIpc) is 2.59. The maximum Gasteiger partial charge on any atom is 0.229 e. The zero-order chi connectivity index (χ0) is 13.7. The summed E-state index contributed by atoms with van der Waals surface area (Å²) in [6.45, 7) is 4.16. The Morgan fingerprint density at radius 3 is 2.47 bits per heavy atom. The molecule has 3 atom stereocenters. The van der Waals surface area contributed by atoms with E-state index in [1.54, 1.807) is 0 Å². The number of fused-ring (bicyclic) bond motifs is 1. The standard InChI is InChI=1S/C16H20FNO/c1-12(13-6-4-3-5-7-13)18-11-16(10-17)9-8-15(16,2)14(18)19/h3-7,12H,8-11H2,1-2H3/t12-,15+,16+/m1/s1. The first kappa shape index (κ1) is 12.6. The van der Waals surface area contributed by atoms with Crippen molar-refractivity contribution in [3.63, 3.8) is 0 Å². The highest BCUT2D eigenvalue weighted by molar-refractivity contribution is 5.87. The summed E-state index contributed by atoms with van der Waals surface area (Å²) in [6, 6.07) is 10.0. The molecule has 1 aromatic rings. The molecule has 102 valence electrons. The fourth-order valence-electron chi connectivity index (χ4n) is 3.64. The number of alkyl halides is 1. The lowest BCUT2D eigenvalue weighted by Gasteiger charge is -2.49. The van der Waals surface area contributed by atoms with E-state index in [1.165, 1.54) is 0 Å². The van der Waals surface area contributed by atoms with Gasteiger partial charge in [-0.25, -0.2) is 0 Å². The normalized spacial score (nSPS) is 34.9. The van der Waals surface area contributed by atoms with E-state index in [0.29, 0.717) is 6.54 Å². The maximum atomic E-state index is 13.5. The molecule has 2 fully saturated rings. The molecule has 0 bridgehead atoms. The molecule has 2 nitrogen and oxygen atoms in total. The van der Waals surface area contributed by atoms with Crippen LogP contribution in [0.3, 0.4) is 0 Å². The van der Waals surface area contributed by atoms with Crippen LogP contribution in [0.1, 0.15) is 38.3 Å². The van der Waals surface area contributed by atoms with Gasteiger partial charge in [-0.3, -0.25) is 9.18 Å². The van der Waals surface area contributed by atoms with Gasteiger partial charge in [0.15, 0.2) is 0 Å². The Bertz CT molecular complexity index is 499. The zero-order valence-corrected chi connectivity index (χ0v) is 11.5. The Hall–Kier alpha value is -1.38. The van der Waals surface area contributed by atoms with Gasteiger partial charge < -0.3 is 4.90 Å². The molecule has 19 heavy (non-hydrogen) atoms. The number of amides is 1. The van der Waals surface area contributed by atoms with Crippen molar-refractivity contribution in [3.8, 4) is 0 Å². The second kappa shape index (κ2) is 4.06. The highest BCUT2D eigenvalue weighted by atomic mass is 19.1. The number of carbonyl (C=O) groups is 1. The molecule has 1 aliphatic heterocycles. The second-order valence-corrected chi connectivity index (χ2v) is 6.27. The molecule has 1 saturated heterocycles. The summed E-state index contributed by atoms with van der Waals surface area (Å²) < 4.78 is 13.5. The lowest BCUT2D eigenvalue weighted by molar-refractivity contribution is -0.146. The van der Waals surface area contributed by atoms with E-state index >= 15 is 0 Å². The SMILES string of the molecule is C[C@H](c1ccccc1)N1C[C@@]2(CF)CC[C@@]2(C)C1=O. The van der Waals surface area contributed by atoms with Crippen molar-refractivity contribution in [2.75, 3.05) is 13.2 Å².